The molecule has 0 bridgehead atoms. The van der Waals surface area contributed by atoms with Gasteiger partial charge in [-0.15, -0.1) is 0 Å². The van der Waals surface area contributed by atoms with Crippen molar-refractivity contribution in [1.29, 1.82) is 0 Å². The van der Waals surface area contributed by atoms with E-state index in [2.05, 4.69) is 31.2 Å². The van der Waals surface area contributed by atoms with E-state index in [1.54, 1.807) is 12.1 Å². The van der Waals surface area contributed by atoms with Crippen molar-refractivity contribution >= 4 is 34.4 Å². The zero-order valence-corrected chi connectivity index (χ0v) is 13.3. The van der Waals surface area contributed by atoms with E-state index in [-0.39, 0.29) is 11.9 Å². The van der Waals surface area contributed by atoms with Gasteiger partial charge in [-0.1, -0.05) is 15.9 Å². The highest BCUT2D eigenvalue weighted by Gasteiger charge is 2.23. The van der Waals surface area contributed by atoms with Crippen LogP contribution in [0.4, 0.5) is 4.39 Å². The smallest absolute Gasteiger partial charge is 0.216 e. The van der Waals surface area contributed by atoms with Gasteiger partial charge in [0, 0.05) is 16.6 Å². The second kappa shape index (κ2) is 6.17. The summed E-state index contributed by atoms with van der Waals surface area (Å²) in [7, 11) is 0. The van der Waals surface area contributed by atoms with Crippen LogP contribution in [0.1, 0.15) is 30.3 Å². The quantitative estimate of drug-likeness (QED) is 0.663. The standard InChI is InChI=1S/C13H12BrFN4OS/c14-9-3-4-10(15)8(6-9)7-16-19-12(17-18-13(19)21)11-2-1-5-20-11/h3-4,6-7,11H,1-2,5H2,(H,18,21)/b16-7-/t11-/m0/s1. The minimum Gasteiger partial charge on any atom is -0.370 e. The minimum absolute atomic E-state index is 0.123. The van der Waals surface area contributed by atoms with Gasteiger partial charge in [-0.3, -0.25) is 5.10 Å². The molecule has 5 nitrogen and oxygen atoms in total. The molecule has 1 saturated heterocycles. The summed E-state index contributed by atoms with van der Waals surface area (Å²) in [6.07, 6.45) is 3.15. The molecule has 2 heterocycles. The first-order valence-electron chi connectivity index (χ1n) is 6.43. The molecule has 1 N–H and O–H groups in total. The second-order valence-corrected chi connectivity index (χ2v) is 5.91. The van der Waals surface area contributed by atoms with E-state index in [0.29, 0.717) is 22.8 Å². The summed E-state index contributed by atoms with van der Waals surface area (Å²) in [5.41, 5.74) is 0.366. The van der Waals surface area contributed by atoms with Gasteiger partial charge in [0.1, 0.15) is 11.9 Å². The van der Waals surface area contributed by atoms with Crippen molar-refractivity contribution in [2.45, 2.75) is 18.9 Å². The Morgan fingerprint density at radius 1 is 1.57 bits per heavy atom. The van der Waals surface area contributed by atoms with Crippen LogP contribution in [0.25, 0.3) is 0 Å². The lowest BCUT2D eigenvalue weighted by Crippen LogP contribution is -2.05. The molecule has 0 aliphatic carbocycles. The Balaban J connectivity index is 1.94. The van der Waals surface area contributed by atoms with E-state index in [1.807, 2.05) is 0 Å². The number of aromatic amines is 1. The molecule has 1 aromatic carbocycles. The van der Waals surface area contributed by atoms with Crippen LogP contribution in [0.2, 0.25) is 0 Å². The number of H-pyrrole nitrogens is 1. The lowest BCUT2D eigenvalue weighted by molar-refractivity contribution is 0.102. The summed E-state index contributed by atoms with van der Waals surface area (Å²) in [5.74, 6) is 0.264. The number of hydrogen-bond acceptors (Lipinski definition) is 4. The van der Waals surface area contributed by atoms with Gasteiger partial charge in [-0.2, -0.15) is 14.9 Å². The largest absolute Gasteiger partial charge is 0.370 e. The van der Waals surface area contributed by atoms with Crippen molar-refractivity contribution in [3.8, 4) is 0 Å². The SMILES string of the molecule is Fc1ccc(Br)cc1/C=N\n1c([C@@H]2CCCO2)n[nH]c1=S. The number of hydrogen-bond donors (Lipinski definition) is 1. The number of benzene rings is 1. The van der Waals surface area contributed by atoms with Crippen molar-refractivity contribution in [3.05, 3.63) is 44.6 Å². The average Bonchev–Trinajstić information content (AvgIpc) is 3.09. The fraction of sp³-hybridized carbons (Fsp3) is 0.308. The summed E-state index contributed by atoms with van der Waals surface area (Å²) in [6.45, 7) is 0.703. The number of rotatable bonds is 3. The Morgan fingerprint density at radius 3 is 3.19 bits per heavy atom. The summed E-state index contributed by atoms with van der Waals surface area (Å²) >= 11 is 8.46. The molecule has 2 aromatic rings. The monoisotopic (exact) mass is 370 g/mol. The van der Waals surface area contributed by atoms with E-state index in [9.17, 15) is 4.39 Å². The predicted octanol–water partition coefficient (Wildman–Crippen LogP) is 3.58. The maximum absolute atomic E-state index is 13.7. The van der Waals surface area contributed by atoms with Gasteiger partial charge in [0.25, 0.3) is 0 Å². The van der Waals surface area contributed by atoms with Crippen molar-refractivity contribution in [3.63, 3.8) is 0 Å². The first-order chi connectivity index (χ1) is 10.1. The molecule has 21 heavy (non-hydrogen) atoms. The molecular weight excluding hydrogens is 359 g/mol. The van der Waals surface area contributed by atoms with Crippen LogP contribution in [0.3, 0.4) is 0 Å². The maximum atomic E-state index is 13.7. The lowest BCUT2D eigenvalue weighted by Gasteiger charge is -2.07. The first-order valence-corrected chi connectivity index (χ1v) is 7.63. The average molecular weight is 371 g/mol. The third-order valence-corrected chi connectivity index (χ3v) is 3.92. The van der Waals surface area contributed by atoms with Crippen molar-refractivity contribution in [1.82, 2.24) is 14.9 Å². The molecule has 1 aromatic heterocycles. The number of nitrogens with zero attached hydrogens (tertiary/aromatic N) is 3. The second-order valence-electron chi connectivity index (χ2n) is 4.61. The minimum atomic E-state index is -0.351. The third kappa shape index (κ3) is 3.12. The van der Waals surface area contributed by atoms with Crippen molar-refractivity contribution in [2.24, 2.45) is 5.10 Å². The van der Waals surface area contributed by atoms with Crippen LogP contribution in [0.15, 0.2) is 27.8 Å². The molecule has 1 fully saturated rings. The molecular formula is C13H12BrFN4OS. The Bertz CT molecular complexity index is 736. The molecule has 0 saturated carbocycles. The summed E-state index contributed by atoms with van der Waals surface area (Å²) in [6, 6.07) is 4.66. The molecule has 0 spiro atoms. The molecule has 0 amide bonds. The normalized spacial score (nSPS) is 18.7. The predicted molar refractivity (Wildman–Crippen MR) is 82.4 cm³/mol. The Labute approximate surface area is 134 Å². The van der Waals surface area contributed by atoms with Crippen molar-refractivity contribution < 1.29 is 9.13 Å². The molecule has 0 radical (unpaired) electrons. The van der Waals surface area contributed by atoms with Crippen LogP contribution in [-0.2, 0) is 4.74 Å². The van der Waals surface area contributed by atoms with Crippen LogP contribution < -0.4 is 0 Å². The highest BCUT2D eigenvalue weighted by Crippen LogP contribution is 2.27. The zero-order chi connectivity index (χ0) is 14.8. The lowest BCUT2D eigenvalue weighted by atomic mass is 10.2. The van der Waals surface area contributed by atoms with Gasteiger partial charge in [0.15, 0.2) is 5.82 Å². The molecule has 1 aliphatic rings. The van der Waals surface area contributed by atoms with Crippen LogP contribution in [0, 0.1) is 10.6 Å². The van der Waals surface area contributed by atoms with Crippen molar-refractivity contribution in [2.75, 3.05) is 6.61 Å². The van der Waals surface area contributed by atoms with Gasteiger partial charge >= 0.3 is 0 Å². The molecule has 1 atom stereocenters. The Morgan fingerprint density at radius 2 is 2.43 bits per heavy atom. The fourth-order valence-electron chi connectivity index (χ4n) is 2.14. The molecule has 0 unspecified atom stereocenters. The third-order valence-electron chi connectivity index (χ3n) is 3.16. The molecule has 1 aliphatic heterocycles. The molecule has 3 rings (SSSR count). The van der Waals surface area contributed by atoms with Gasteiger partial charge in [-0.05, 0) is 43.3 Å². The number of ether oxygens (including phenoxy) is 1. The topological polar surface area (TPSA) is 55.2 Å². The Kier molecular flexibility index (Phi) is 4.27. The molecule has 8 heteroatoms. The summed E-state index contributed by atoms with van der Waals surface area (Å²) in [4.78, 5) is 0. The highest BCUT2D eigenvalue weighted by atomic mass is 79.9. The Hall–Kier alpha value is -1.38. The number of nitrogens with one attached hydrogen (secondary N) is 1. The van der Waals surface area contributed by atoms with Gasteiger partial charge in [-0.25, -0.2) is 4.39 Å². The van der Waals surface area contributed by atoms with E-state index in [0.717, 1.165) is 17.3 Å². The van der Waals surface area contributed by atoms with Gasteiger partial charge < -0.3 is 4.74 Å². The number of aromatic nitrogens is 3. The maximum Gasteiger partial charge on any atom is 0.216 e. The fourth-order valence-corrected chi connectivity index (χ4v) is 2.70. The van der Waals surface area contributed by atoms with E-state index in [4.69, 9.17) is 17.0 Å². The van der Waals surface area contributed by atoms with Crippen LogP contribution in [0.5, 0.6) is 0 Å². The van der Waals surface area contributed by atoms with Crippen LogP contribution >= 0.6 is 28.1 Å². The van der Waals surface area contributed by atoms with Gasteiger partial charge in [0.2, 0.25) is 4.77 Å². The van der Waals surface area contributed by atoms with E-state index < -0.39 is 0 Å². The number of halogens is 2. The summed E-state index contributed by atoms with van der Waals surface area (Å²) < 4.78 is 21.9. The zero-order valence-electron chi connectivity index (χ0n) is 10.9. The molecule has 110 valence electrons. The van der Waals surface area contributed by atoms with E-state index in [1.165, 1.54) is 17.0 Å². The first kappa shape index (κ1) is 14.6. The van der Waals surface area contributed by atoms with Gasteiger partial charge in [0.05, 0.1) is 6.21 Å². The van der Waals surface area contributed by atoms with E-state index >= 15 is 0 Å². The summed E-state index contributed by atoms with van der Waals surface area (Å²) in [5, 5.41) is 11.1. The van der Waals surface area contributed by atoms with Crippen LogP contribution in [-0.4, -0.2) is 27.7 Å². The highest BCUT2D eigenvalue weighted by molar-refractivity contribution is 9.10.